The van der Waals surface area contributed by atoms with E-state index in [0.29, 0.717) is 12.2 Å². The molecule has 0 aromatic heterocycles. The number of carbonyl (C=O) groups excluding carboxylic acids is 1. The third kappa shape index (κ3) is 7.18. The molecule has 0 amide bonds. The Hall–Kier alpha value is -2.75. The fourth-order valence-corrected chi connectivity index (χ4v) is 6.21. The van der Waals surface area contributed by atoms with Crippen LogP contribution in [0.2, 0.25) is 0 Å². The molecule has 0 saturated carbocycles. The second kappa shape index (κ2) is 12.7. The summed E-state index contributed by atoms with van der Waals surface area (Å²) in [6, 6.07) is 28.3. The van der Waals surface area contributed by atoms with Crippen molar-refractivity contribution in [1.29, 1.82) is 0 Å². The van der Waals surface area contributed by atoms with Crippen molar-refractivity contribution in [2.45, 2.75) is 64.5 Å². The number of benzene rings is 3. The molecule has 2 heterocycles. The molecule has 3 heteroatoms. The van der Waals surface area contributed by atoms with Gasteiger partial charge in [-0.1, -0.05) is 84.4 Å². The number of rotatable bonds is 9. The summed E-state index contributed by atoms with van der Waals surface area (Å²) in [4.78, 5) is 18.7. The third-order valence-electron chi connectivity index (χ3n) is 8.48. The smallest absolute Gasteiger partial charge is 0.141 e. The van der Waals surface area contributed by atoms with E-state index in [9.17, 15) is 4.79 Å². The lowest BCUT2D eigenvalue weighted by molar-refractivity contribution is -0.121. The number of likely N-dealkylation sites (tertiary alicyclic amines) is 1. The Morgan fingerprint density at radius 2 is 1.46 bits per heavy atom. The normalized spacial score (nSPS) is 19.3. The van der Waals surface area contributed by atoms with Gasteiger partial charge in [0.25, 0.3) is 0 Å². The first-order valence-electron chi connectivity index (χ1n) is 14.3. The van der Waals surface area contributed by atoms with Crippen LogP contribution in [0.3, 0.4) is 0 Å². The molecule has 1 atom stereocenters. The van der Waals surface area contributed by atoms with Crippen LogP contribution < -0.4 is 0 Å². The van der Waals surface area contributed by atoms with Gasteiger partial charge in [-0.25, -0.2) is 0 Å². The van der Waals surface area contributed by atoms with Crippen molar-refractivity contribution in [2.24, 2.45) is 5.92 Å². The summed E-state index contributed by atoms with van der Waals surface area (Å²) in [5.41, 5.74) is 6.70. The van der Waals surface area contributed by atoms with Crippen LogP contribution in [-0.4, -0.2) is 41.8 Å². The predicted octanol–water partition coefficient (Wildman–Crippen LogP) is 6.79. The molecule has 37 heavy (non-hydrogen) atoms. The van der Waals surface area contributed by atoms with Crippen LogP contribution in [0.25, 0.3) is 0 Å². The van der Waals surface area contributed by atoms with Crippen LogP contribution in [0.15, 0.2) is 78.9 Å². The molecule has 3 aromatic carbocycles. The zero-order chi connectivity index (χ0) is 25.5. The summed E-state index contributed by atoms with van der Waals surface area (Å²) >= 11 is 0. The fraction of sp³-hybridized carbons (Fsp3) is 0.441. The van der Waals surface area contributed by atoms with Crippen molar-refractivity contribution >= 4 is 5.78 Å². The monoisotopic (exact) mass is 494 g/mol. The number of fused-ring (bicyclic) bond motifs is 1. The van der Waals surface area contributed by atoms with E-state index in [1.807, 2.05) is 0 Å². The molecular formula is C34H42N2O. The second-order valence-corrected chi connectivity index (χ2v) is 11.3. The number of carbonyl (C=O) groups is 1. The molecule has 194 valence electrons. The van der Waals surface area contributed by atoms with Crippen molar-refractivity contribution in [3.8, 4) is 0 Å². The maximum absolute atomic E-state index is 13.6. The Balaban J connectivity index is 1.12. The highest BCUT2D eigenvalue weighted by Gasteiger charge is 2.28. The average Bonchev–Trinajstić information content (AvgIpc) is 3.11. The second-order valence-electron chi connectivity index (χ2n) is 11.3. The topological polar surface area (TPSA) is 23.6 Å². The van der Waals surface area contributed by atoms with Crippen LogP contribution in [-0.2, 0) is 24.3 Å². The minimum absolute atomic E-state index is 0.00114. The van der Waals surface area contributed by atoms with Gasteiger partial charge in [0.2, 0.25) is 0 Å². The van der Waals surface area contributed by atoms with Gasteiger partial charge in [-0.2, -0.15) is 0 Å². The summed E-state index contributed by atoms with van der Waals surface area (Å²) in [6.07, 6.45) is 6.47. The number of piperidine rings is 1. The Morgan fingerprint density at radius 1 is 0.784 bits per heavy atom. The van der Waals surface area contributed by atoms with E-state index < -0.39 is 0 Å². The van der Waals surface area contributed by atoms with E-state index in [2.05, 4.69) is 95.6 Å². The summed E-state index contributed by atoms with van der Waals surface area (Å²) in [7, 11) is 0. The van der Waals surface area contributed by atoms with E-state index in [4.69, 9.17) is 0 Å². The molecule has 0 radical (unpaired) electrons. The Bertz CT molecular complexity index is 1130. The van der Waals surface area contributed by atoms with Gasteiger partial charge in [0.15, 0.2) is 0 Å². The molecule has 2 aliphatic heterocycles. The number of aryl methyl sites for hydroxylation is 1. The minimum atomic E-state index is -0.00114. The van der Waals surface area contributed by atoms with Crippen LogP contribution in [0, 0.1) is 12.8 Å². The van der Waals surface area contributed by atoms with Crippen molar-refractivity contribution in [1.82, 2.24) is 9.80 Å². The quantitative estimate of drug-likeness (QED) is 0.327. The van der Waals surface area contributed by atoms with Crippen molar-refractivity contribution < 1.29 is 4.79 Å². The van der Waals surface area contributed by atoms with Crippen LogP contribution >= 0.6 is 0 Å². The first kappa shape index (κ1) is 25.9. The van der Waals surface area contributed by atoms with Crippen LogP contribution in [0.5, 0.6) is 0 Å². The van der Waals surface area contributed by atoms with E-state index >= 15 is 0 Å². The van der Waals surface area contributed by atoms with Gasteiger partial charge in [-0.15, -0.1) is 0 Å². The first-order valence-corrected chi connectivity index (χ1v) is 14.3. The molecule has 1 unspecified atom stereocenters. The molecule has 1 saturated heterocycles. The van der Waals surface area contributed by atoms with E-state index in [0.717, 1.165) is 44.9 Å². The molecule has 5 rings (SSSR count). The van der Waals surface area contributed by atoms with Gasteiger partial charge in [-0.05, 0) is 80.3 Å². The van der Waals surface area contributed by atoms with Crippen LogP contribution in [0.4, 0.5) is 0 Å². The highest BCUT2D eigenvalue weighted by Crippen LogP contribution is 2.30. The van der Waals surface area contributed by atoms with Gasteiger partial charge < -0.3 is 0 Å². The van der Waals surface area contributed by atoms with Crippen molar-refractivity contribution in [3.63, 3.8) is 0 Å². The van der Waals surface area contributed by atoms with Crippen LogP contribution in [0.1, 0.15) is 65.8 Å². The number of hydrogen-bond acceptors (Lipinski definition) is 3. The molecule has 1 fully saturated rings. The van der Waals surface area contributed by atoms with Gasteiger partial charge in [0, 0.05) is 32.6 Å². The zero-order valence-electron chi connectivity index (χ0n) is 22.4. The number of Topliss-reactive ketones (excluding diaryl/α,β-unsaturated/α-hetero) is 1. The standard InChI is InChI=1S/C34H42N2O/c1-27-14-16-30(17-15-27)24-35-21-18-28(19-22-35)10-7-13-34(37)33-26-36(25-29-8-3-2-4-9-29)23-20-31-11-5-6-12-32(31)33/h2-6,8-9,11-12,14-17,28,33H,7,10,13,18-26H2,1H3. The molecule has 0 aliphatic carbocycles. The number of ketones is 1. The molecule has 0 N–H and O–H groups in total. The minimum Gasteiger partial charge on any atom is -0.299 e. The Labute approximate surface area is 223 Å². The maximum Gasteiger partial charge on any atom is 0.141 e. The van der Waals surface area contributed by atoms with Gasteiger partial charge in [0.05, 0.1) is 5.92 Å². The summed E-state index contributed by atoms with van der Waals surface area (Å²) < 4.78 is 0. The molecule has 3 nitrogen and oxygen atoms in total. The molecule has 3 aromatic rings. The molecule has 0 bridgehead atoms. The van der Waals surface area contributed by atoms with E-state index in [1.165, 1.54) is 60.2 Å². The largest absolute Gasteiger partial charge is 0.299 e. The molecular weight excluding hydrogens is 452 g/mol. The van der Waals surface area contributed by atoms with E-state index in [-0.39, 0.29) is 5.92 Å². The molecule has 0 spiro atoms. The number of hydrogen-bond donors (Lipinski definition) is 0. The lowest BCUT2D eigenvalue weighted by Crippen LogP contribution is -2.33. The predicted molar refractivity (Wildman–Crippen MR) is 153 cm³/mol. The SMILES string of the molecule is Cc1ccc(CN2CCC(CCCC(=O)C3CN(Cc4ccccc4)CCc4ccccc43)CC2)cc1. The van der Waals surface area contributed by atoms with Gasteiger partial charge >= 0.3 is 0 Å². The Kier molecular flexibility index (Phi) is 8.86. The van der Waals surface area contributed by atoms with Crippen molar-refractivity contribution in [3.05, 3.63) is 107 Å². The average molecular weight is 495 g/mol. The zero-order valence-corrected chi connectivity index (χ0v) is 22.4. The third-order valence-corrected chi connectivity index (χ3v) is 8.48. The van der Waals surface area contributed by atoms with Crippen molar-refractivity contribution in [2.75, 3.05) is 26.2 Å². The first-order chi connectivity index (χ1) is 18.1. The maximum atomic E-state index is 13.6. The summed E-state index contributed by atoms with van der Waals surface area (Å²) in [5, 5.41) is 0. The molecule has 2 aliphatic rings. The lowest BCUT2D eigenvalue weighted by atomic mass is 9.86. The summed E-state index contributed by atoms with van der Waals surface area (Å²) in [6.45, 7) is 8.33. The fourth-order valence-electron chi connectivity index (χ4n) is 6.21. The summed E-state index contributed by atoms with van der Waals surface area (Å²) in [5.74, 6) is 1.20. The van der Waals surface area contributed by atoms with Gasteiger partial charge in [-0.3, -0.25) is 14.6 Å². The highest BCUT2D eigenvalue weighted by molar-refractivity contribution is 5.86. The van der Waals surface area contributed by atoms with Gasteiger partial charge in [0.1, 0.15) is 5.78 Å². The number of nitrogens with zero attached hydrogens (tertiary/aromatic N) is 2. The highest BCUT2D eigenvalue weighted by atomic mass is 16.1. The lowest BCUT2D eigenvalue weighted by Gasteiger charge is -2.32. The Morgan fingerprint density at radius 3 is 2.24 bits per heavy atom. The van der Waals surface area contributed by atoms with E-state index in [1.54, 1.807) is 0 Å².